The fraction of sp³-hybridized carbons (Fsp3) is 0. The first-order valence-electron chi connectivity index (χ1n) is 22.9. The summed E-state index contributed by atoms with van der Waals surface area (Å²) in [4.78, 5) is 15.5. The first-order chi connectivity index (χ1) is 33.7. The van der Waals surface area contributed by atoms with Gasteiger partial charge in [0.1, 0.15) is 11.2 Å². The van der Waals surface area contributed by atoms with E-state index in [-0.39, 0.29) is 0 Å². The molecule has 0 spiro atoms. The first kappa shape index (κ1) is 38.5. The number of aromatic nitrogens is 3. The Kier molecular flexibility index (Phi) is 8.73. The second-order valence-electron chi connectivity index (χ2n) is 17.5. The van der Waals surface area contributed by atoms with Crippen LogP contribution in [-0.4, -0.2) is 15.0 Å². The molecule has 0 aliphatic heterocycles. The van der Waals surface area contributed by atoms with Gasteiger partial charge in [-0.1, -0.05) is 188 Å². The minimum Gasteiger partial charge on any atom is -0.456 e. The predicted molar refractivity (Wildman–Crippen MR) is 285 cm³/mol. The lowest BCUT2D eigenvalue weighted by Crippen LogP contribution is -2.00. The highest BCUT2D eigenvalue weighted by molar-refractivity contribution is 7.26. The van der Waals surface area contributed by atoms with Crippen molar-refractivity contribution in [2.45, 2.75) is 0 Å². The third-order valence-electron chi connectivity index (χ3n) is 13.5. The summed E-state index contributed by atoms with van der Waals surface area (Å²) in [6.07, 6.45) is 0. The predicted octanol–water partition coefficient (Wildman–Crippen LogP) is 17.6. The van der Waals surface area contributed by atoms with Crippen LogP contribution < -0.4 is 0 Å². The fourth-order valence-corrected chi connectivity index (χ4v) is 11.4. The lowest BCUT2D eigenvalue weighted by molar-refractivity contribution is 0.669. The molecular weight excluding hydrogens is 847 g/mol. The zero-order valence-corrected chi connectivity index (χ0v) is 37.3. The largest absolute Gasteiger partial charge is 0.456 e. The third-order valence-corrected chi connectivity index (χ3v) is 14.7. The Bertz CT molecular complexity index is 4300. The molecule has 0 unspecified atom stereocenters. The van der Waals surface area contributed by atoms with Crippen LogP contribution in [0.3, 0.4) is 0 Å². The molecular formula is C63H37N3OS. The van der Waals surface area contributed by atoms with Crippen LogP contribution in [0.15, 0.2) is 229 Å². The van der Waals surface area contributed by atoms with Crippen molar-refractivity contribution in [2.75, 3.05) is 0 Å². The molecule has 0 saturated heterocycles. The standard InChI is InChI=1S/C63H37N3OS/c1-2-12-43(13-3-1)61-64-62(44-30-23-39(24-31-44)38-21-28-42(29-22-38)58-49-16-7-5-14-47(49)37-53-50-17-8-9-20-57(50)68-60(53)58)66-63(65-61)51-18-10-19-56-59(51)54-36-46(33-34-55(54)67-56)45-32-27-41-26-25-40-11-4-6-15-48(40)52(41)35-45/h1-37H. The van der Waals surface area contributed by atoms with Gasteiger partial charge in [-0.3, -0.25) is 0 Å². The summed E-state index contributed by atoms with van der Waals surface area (Å²) in [7, 11) is 0. The van der Waals surface area contributed by atoms with Crippen LogP contribution in [0.2, 0.25) is 0 Å². The molecule has 5 heteroatoms. The maximum atomic E-state index is 6.53. The van der Waals surface area contributed by atoms with E-state index in [2.05, 4.69) is 182 Å². The molecule has 0 fully saturated rings. The maximum absolute atomic E-state index is 6.53. The number of rotatable bonds is 6. The van der Waals surface area contributed by atoms with E-state index in [1.54, 1.807) is 0 Å². The first-order valence-corrected chi connectivity index (χ1v) is 23.7. The third kappa shape index (κ3) is 6.32. The zero-order valence-electron chi connectivity index (χ0n) is 36.5. The molecule has 316 valence electrons. The minimum absolute atomic E-state index is 0.588. The van der Waals surface area contributed by atoms with Crippen LogP contribution in [-0.2, 0) is 0 Å². The summed E-state index contributed by atoms with van der Waals surface area (Å²) >= 11 is 1.88. The number of fused-ring (bicyclic) bond motifs is 10. The van der Waals surface area contributed by atoms with Crippen molar-refractivity contribution < 1.29 is 4.42 Å². The van der Waals surface area contributed by atoms with Gasteiger partial charge in [-0.25, -0.2) is 15.0 Å². The smallest absolute Gasteiger partial charge is 0.164 e. The highest BCUT2D eigenvalue weighted by Gasteiger charge is 2.20. The van der Waals surface area contributed by atoms with Crippen molar-refractivity contribution in [3.8, 4) is 67.5 Å². The van der Waals surface area contributed by atoms with Crippen molar-refractivity contribution in [2.24, 2.45) is 0 Å². The van der Waals surface area contributed by atoms with E-state index in [1.807, 2.05) is 53.8 Å². The van der Waals surface area contributed by atoms with Gasteiger partial charge in [-0.2, -0.15) is 0 Å². The molecule has 0 amide bonds. The van der Waals surface area contributed by atoms with E-state index in [0.29, 0.717) is 17.5 Å². The topological polar surface area (TPSA) is 51.8 Å². The van der Waals surface area contributed by atoms with Gasteiger partial charge in [0.05, 0.1) is 0 Å². The number of nitrogens with zero attached hydrogens (tertiary/aromatic N) is 3. The molecule has 0 saturated carbocycles. The van der Waals surface area contributed by atoms with E-state index in [4.69, 9.17) is 19.4 Å². The number of thiophene rings is 1. The van der Waals surface area contributed by atoms with E-state index in [1.165, 1.54) is 63.6 Å². The second-order valence-corrected chi connectivity index (χ2v) is 18.5. The fourth-order valence-electron chi connectivity index (χ4n) is 10.2. The summed E-state index contributed by atoms with van der Waals surface area (Å²) in [5.41, 5.74) is 11.3. The highest BCUT2D eigenvalue weighted by atomic mass is 32.1. The molecule has 14 rings (SSSR count). The molecule has 4 nitrogen and oxygen atoms in total. The van der Waals surface area contributed by atoms with Crippen molar-refractivity contribution in [1.29, 1.82) is 0 Å². The Hall–Kier alpha value is -8.77. The van der Waals surface area contributed by atoms with Crippen LogP contribution in [0.4, 0.5) is 0 Å². The number of hydrogen-bond acceptors (Lipinski definition) is 5. The highest BCUT2D eigenvalue weighted by Crippen LogP contribution is 2.45. The second kappa shape index (κ2) is 15.4. The van der Waals surface area contributed by atoms with E-state index < -0.39 is 0 Å². The Morgan fingerprint density at radius 2 is 0.868 bits per heavy atom. The molecule has 0 aliphatic carbocycles. The summed E-state index contributed by atoms with van der Waals surface area (Å²) in [5, 5.41) is 12.1. The summed E-state index contributed by atoms with van der Waals surface area (Å²) in [6, 6.07) is 79.9. The van der Waals surface area contributed by atoms with Gasteiger partial charge in [-0.05, 0) is 96.5 Å². The minimum atomic E-state index is 0.588. The summed E-state index contributed by atoms with van der Waals surface area (Å²) in [5.74, 6) is 1.80. The van der Waals surface area contributed by atoms with Gasteiger partial charge < -0.3 is 4.42 Å². The molecule has 68 heavy (non-hydrogen) atoms. The average molecular weight is 884 g/mol. The van der Waals surface area contributed by atoms with Gasteiger partial charge in [0.25, 0.3) is 0 Å². The number of furan rings is 1. The van der Waals surface area contributed by atoms with Crippen LogP contribution in [0.5, 0.6) is 0 Å². The van der Waals surface area contributed by atoms with E-state index in [9.17, 15) is 0 Å². The lowest BCUT2D eigenvalue weighted by atomic mass is 9.94. The SMILES string of the molecule is c1ccc(-c2nc(-c3ccc(-c4ccc(-c5c6ccccc6cc6c5sc5ccccc56)cc4)cc3)nc(-c3cccc4oc5ccc(-c6ccc7ccc8ccccc8c7c6)cc5c34)n2)cc1. The van der Waals surface area contributed by atoms with E-state index >= 15 is 0 Å². The van der Waals surface area contributed by atoms with Crippen LogP contribution in [0.1, 0.15) is 0 Å². The Balaban J connectivity index is 0.849. The van der Waals surface area contributed by atoms with Crippen molar-refractivity contribution in [3.63, 3.8) is 0 Å². The lowest BCUT2D eigenvalue weighted by Gasteiger charge is -2.11. The molecule has 0 radical (unpaired) electrons. The molecule has 0 N–H and O–H groups in total. The zero-order chi connectivity index (χ0) is 44.7. The average Bonchev–Trinajstić information content (AvgIpc) is 3.98. The molecule has 14 aromatic rings. The Labute approximate surface area is 395 Å². The Morgan fingerprint density at radius 3 is 1.65 bits per heavy atom. The molecule has 0 bridgehead atoms. The molecule has 3 heterocycles. The summed E-state index contributed by atoms with van der Waals surface area (Å²) in [6.45, 7) is 0. The van der Waals surface area contributed by atoms with Crippen LogP contribution in [0, 0.1) is 0 Å². The van der Waals surface area contributed by atoms with Crippen molar-refractivity contribution in [1.82, 2.24) is 15.0 Å². The number of hydrogen-bond donors (Lipinski definition) is 0. The van der Waals surface area contributed by atoms with Crippen LogP contribution in [0.25, 0.3) is 142 Å². The van der Waals surface area contributed by atoms with Gasteiger partial charge in [0.15, 0.2) is 17.5 Å². The van der Waals surface area contributed by atoms with E-state index in [0.717, 1.165) is 60.9 Å². The van der Waals surface area contributed by atoms with Gasteiger partial charge in [-0.15, -0.1) is 11.3 Å². The molecule has 11 aromatic carbocycles. The Morgan fingerprint density at radius 1 is 0.309 bits per heavy atom. The van der Waals surface area contributed by atoms with Crippen LogP contribution >= 0.6 is 11.3 Å². The van der Waals surface area contributed by atoms with Gasteiger partial charge >= 0.3 is 0 Å². The molecule has 0 aliphatic rings. The monoisotopic (exact) mass is 883 g/mol. The summed E-state index contributed by atoms with van der Waals surface area (Å²) < 4.78 is 9.16. The van der Waals surface area contributed by atoms with Gasteiger partial charge in [0, 0.05) is 53.2 Å². The van der Waals surface area contributed by atoms with Gasteiger partial charge in [0.2, 0.25) is 0 Å². The quantitative estimate of drug-likeness (QED) is 0.156. The number of benzene rings is 11. The normalized spacial score (nSPS) is 11.8. The molecule has 0 atom stereocenters. The maximum Gasteiger partial charge on any atom is 0.164 e. The van der Waals surface area contributed by atoms with Crippen molar-refractivity contribution in [3.05, 3.63) is 224 Å². The molecule has 3 aromatic heterocycles. The van der Waals surface area contributed by atoms with Crippen molar-refractivity contribution >= 4 is 85.8 Å².